The van der Waals surface area contributed by atoms with Crippen molar-refractivity contribution in [1.82, 2.24) is 0 Å². The highest BCUT2D eigenvalue weighted by Gasteiger charge is 2.03. The summed E-state index contributed by atoms with van der Waals surface area (Å²) in [4.78, 5) is 0. The summed E-state index contributed by atoms with van der Waals surface area (Å²) < 4.78 is 13.5. The summed E-state index contributed by atoms with van der Waals surface area (Å²) in [6.45, 7) is 2.13. The topological polar surface area (TPSA) is 0 Å². The molecule has 0 saturated heterocycles. The van der Waals surface area contributed by atoms with Gasteiger partial charge in [-0.3, -0.25) is 0 Å². The molecule has 0 amide bonds. The van der Waals surface area contributed by atoms with Crippen molar-refractivity contribution < 1.29 is 4.39 Å². The SMILES string of the molecule is CC(CCl)CSCc1ccc(F)c(Br)c1. The monoisotopic (exact) mass is 310 g/mol. The van der Waals surface area contributed by atoms with Crippen molar-refractivity contribution in [2.45, 2.75) is 12.7 Å². The predicted molar refractivity (Wildman–Crippen MR) is 70.1 cm³/mol. The Kier molecular flexibility index (Phi) is 6.02. The van der Waals surface area contributed by atoms with Crippen LogP contribution in [0.15, 0.2) is 22.7 Å². The smallest absolute Gasteiger partial charge is 0.137 e. The van der Waals surface area contributed by atoms with Gasteiger partial charge in [-0.05, 0) is 45.3 Å². The van der Waals surface area contributed by atoms with Gasteiger partial charge in [0.1, 0.15) is 5.82 Å². The number of alkyl halides is 1. The van der Waals surface area contributed by atoms with Gasteiger partial charge in [-0.25, -0.2) is 4.39 Å². The van der Waals surface area contributed by atoms with Gasteiger partial charge in [-0.2, -0.15) is 11.8 Å². The van der Waals surface area contributed by atoms with E-state index in [0.717, 1.165) is 17.1 Å². The van der Waals surface area contributed by atoms with Crippen LogP contribution >= 0.6 is 39.3 Å². The second-order valence-corrected chi connectivity index (χ2v) is 5.72. The molecular weight excluding hydrogens is 299 g/mol. The van der Waals surface area contributed by atoms with E-state index in [-0.39, 0.29) is 5.82 Å². The first kappa shape index (κ1) is 13.3. The molecule has 0 bridgehead atoms. The largest absolute Gasteiger partial charge is 0.206 e. The van der Waals surface area contributed by atoms with Crippen molar-refractivity contribution in [3.63, 3.8) is 0 Å². The number of rotatable bonds is 5. The highest BCUT2D eigenvalue weighted by molar-refractivity contribution is 9.10. The van der Waals surface area contributed by atoms with Crippen molar-refractivity contribution in [2.75, 3.05) is 11.6 Å². The summed E-state index contributed by atoms with van der Waals surface area (Å²) in [5.74, 6) is 2.96. The van der Waals surface area contributed by atoms with Crippen LogP contribution in [0.4, 0.5) is 4.39 Å². The summed E-state index contributed by atoms with van der Waals surface area (Å²) in [6, 6.07) is 5.14. The van der Waals surface area contributed by atoms with E-state index >= 15 is 0 Å². The van der Waals surface area contributed by atoms with E-state index in [2.05, 4.69) is 22.9 Å². The Bertz CT molecular complexity index is 319. The molecule has 0 saturated carbocycles. The van der Waals surface area contributed by atoms with Crippen molar-refractivity contribution >= 4 is 39.3 Å². The molecule has 1 aromatic rings. The fourth-order valence-corrected chi connectivity index (χ4v) is 2.77. The van der Waals surface area contributed by atoms with E-state index in [4.69, 9.17) is 11.6 Å². The lowest BCUT2D eigenvalue weighted by Gasteiger charge is -2.07. The highest BCUT2D eigenvalue weighted by Crippen LogP contribution is 2.21. The molecule has 1 unspecified atom stereocenters. The van der Waals surface area contributed by atoms with Crippen molar-refractivity contribution in [1.29, 1.82) is 0 Å². The van der Waals surface area contributed by atoms with Crippen LogP contribution in [-0.2, 0) is 5.75 Å². The van der Waals surface area contributed by atoms with Crippen LogP contribution in [0, 0.1) is 11.7 Å². The van der Waals surface area contributed by atoms with Gasteiger partial charge in [0.2, 0.25) is 0 Å². The minimum atomic E-state index is -0.210. The molecule has 0 spiro atoms. The van der Waals surface area contributed by atoms with Gasteiger partial charge in [-0.1, -0.05) is 13.0 Å². The molecule has 0 radical (unpaired) electrons. The number of benzene rings is 1. The second-order valence-electron chi connectivity index (χ2n) is 3.52. The Morgan fingerprint density at radius 2 is 2.27 bits per heavy atom. The summed E-state index contributed by atoms with van der Waals surface area (Å²) >= 11 is 10.7. The Balaban J connectivity index is 2.41. The molecule has 84 valence electrons. The van der Waals surface area contributed by atoms with E-state index in [1.165, 1.54) is 6.07 Å². The van der Waals surface area contributed by atoms with Crippen LogP contribution in [0.3, 0.4) is 0 Å². The molecule has 0 aliphatic heterocycles. The van der Waals surface area contributed by atoms with Crippen molar-refractivity contribution in [3.05, 3.63) is 34.1 Å². The zero-order valence-corrected chi connectivity index (χ0v) is 11.6. The first-order valence-electron chi connectivity index (χ1n) is 4.71. The fraction of sp³-hybridized carbons (Fsp3) is 0.455. The van der Waals surface area contributed by atoms with Crippen LogP contribution in [0.2, 0.25) is 0 Å². The molecule has 0 heterocycles. The summed E-state index contributed by atoms with van der Waals surface area (Å²) in [5.41, 5.74) is 1.13. The quantitative estimate of drug-likeness (QED) is 0.711. The number of halogens is 3. The van der Waals surface area contributed by atoms with Crippen LogP contribution in [0.1, 0.15) is 12.5 Å². The molecule has 0 fully saturated rings. The van der Waals surface area contributed by atoms with Crippen LogP contribution in [-0.4, -0.2) is 11.6 Å². The maximum Gasteiger partial charge on any atom is 0.137 e. The fourth-order valence-electron chi connectivity index (χ4n) is 1.05. The maximum absolute atomic E-state index is 12.9. The van der Waals surface area contributed by atoms with Crippen molar-refractivity contribution in [3.8, 4) is 0 Å². The number of hydrogen-bond donors (Lipinski definition) is 0. The maximum atomic E-state index is 12.9. The predicted octanol–water partition coefficient (Wildman–Crippen LogP) is 4.70. The van der Waals surface area contributed by atoms with Gasteiger partial charge in [0.15, 0.2) is 0 Å². The summed E-state index contributed by atoms with van der Waals surface area (Å²) in [6.07, 6.45) is 0. The van der Waals surface area contributed by atoms with E-state index in [9.17, 15) is 4.39 Å². The molecular formula is C11H13BrClFS. The minimum Gasteiger partial charge on any atom is -0.206 e. The third-order valence-corrected chi connectivity index (χ3v) is 4.40. The van der Waals surface area contributed by atoms with Gasteiger partial charge in [0.25, 0.3) is 0 Å². The third-order valence-electron chi connectivity index (χ3n) is 1.92. The zero-order chi connectivity index (χ0) is 11.3. The standard InChI is InChI=1S/C11H13BrClFS/c1-8(5-13)6-15-7-9-2-3-11(14)10(12)4-9/h2-4,8H,5-7H2,1H3. The molecule has 15 heavy (non-hydrogen) atoms. The van der Waals surface area contributed by atoms with Gasteiger partial charge in [0.05, 0.1) is 4.47 Å². The average Bonchev–Trinajstić information content (AvgIpc) is 2.23. The number of thioether (sulfide) groups is 1. The Hall–Kier alpha value is 0.270. The summed E-state index contributed by atoms with van der Waals surface area (Å²) in [7, 11) is 0. The van der Waals surface area contributed by atoms with Gasteiger partial charge in [0, 0.05) is 11.6 Å². The lowest BCUT2D eigenvalue weighted by Crippen LogP contribution is -1.99. The lowest BCUT2D eigenvalue weighted by molar-refractivity contribution is 0.620. The minimum absolute atomic E-state index is 0.210. The first-order chi connectivity index (χ1) is 7.13. The van der Waals surface area contributed by atoms with Gasteiger partial charge >= 0.3 is 0 Å². The zero-order valence-electron chi connectivity index (χ0n) is 8.47. The molecule has 0 aromatic heterocycles. The normalized spacial score (nSPS) is 12.8. The van der Waals surface area contributed by atoms with E-state index < -0.39 is 0 Å². The molecule has 1 atom stereocenters. The first-order valence-corrected chi connectivity index (χ1v) is 7.19. The number of hydrogen-bond acceptors (Lipinski definition) is 1. The van der Waals surface area contributed by atoms with Crippen LogP contribution < -0.4 is 0 Å². The van der Waals surface area contributed by atoms with Crippen LogP contribution in [0.5, 0.6) is 0 Å². The van der Waals surface area contributed by atoms with E-state index in [1.54, 1.807) is 0 Å². The molecule has 0 nitrogen and oxygen atoms in total. The molecule has 0 aliphatic rings. The van der Waals surface area contributed by atoms with Crippen LogP contribution in [0.25, 0.3) is 0 Å². The Morgan fingerprint density at radius 1 is 1.53 bits per heavy atom. The lowest BCUT2D eigenvalue weighted by atomic mass is 10.2. The van der Waals surface area contributed by atoms with E-state index in [1.807, 2.05) is 23.9 Å². The molecule has 1 aromatic carbocycles. The summed E-state index contributed by atoms with van der Waals surface area (Å²) in [5, 5.41) is 0. The molecule has 0 N–H and O–H groups in total. The third kappa shape index (κ3) is 4.75. The average molecular weight is 312 g/mol. The van der Waals surface area contributed by atoms with Gasteiger partial charge in [-0.15, -0.1) is 11.6 Å². The highest BCUT2D eigenvalue weighted by atomic mass is 79.9. The van der Waals surface area contributed by atoms with Crippen molar-refractivity contribution in [2.24, 2.45) is 5.92 Å². The Labute approximate surface area is 108 Å². The Morgan fingerprint density at radius 3 is 2.87 bits per heavy atom. The molecule has 4 heteroatoms. The molecule has 1 rings (SSSR count). The van der Waals surface area contributed by atoms with Gasteiger partial charge < -0.3 is 0 Å². The molecule has 0 aliphatic carbocycles. The second kappa shape index (κ2) is 6.77. The van der Waals surface area contributed by atoms with E-state index in [0.29, 0.717) is 16.3 Å².